The summed E-state index contributed by atoms with van der Waals surface area (Å²) in [4.78, 5) is 8.79. The molecule has 0 fully saturated rings. The van der Waals surface area contributed by atoms with Gasteiger partial charge in [-0.25, -0.2) is 4.57 Å². The van der Waals surface area contributed by atoms with Crippen LogP contribution in [0.2, 0.25) is 0 Å². The lowest BCUT2D eigenvalue weighted by Gasteiger charge is -2.16. The molecule has 0 aliphatic carbocycles. The summed E-state index contributed by atoms with van der Waals surface area (Å²) in [6, 6.07) is 0. The van der Waals surface area contributed by atoms with Crippen LogP contribution in [0.3, 0.4) is 0 Å². The van der Waals surface area contributed by atoms with E-state index in [0.717, 1.165) is 0 Å². The molecule has 0 saturated heterocycles. The van der Waals surface area contributed by atoms with Crippen molar-refractivity contribution in [1.82, 2.24) is 0 Å². The van der Waals surface area contributed by atoms with Crippen LogP contribution >= 0.6 is 7.82 Å². The zero-order valence-corrected chi connectivity index (χ0v) is 8.64. The van der Waals surface area contributed by atoms with Crippen molar-refractivity contribution in [2.24, 2.45) is 0 Å². The summed E-state index contributed by atoms with van der Waals surface area (Å²) in [7, 11) is -4.58. The van der Waals surface area contributed by atoms with E-state index in [2.05, 4.69) is 9.05 Å². The minimum absolute atomic E-state index is 0.403. The molecule has 2 atom stereocenters. The van der Waals surface area contributed by atoms with E-state index < -0.39 is 26.7 Å². The van der Waals surface area contributed by atoms with Crippen LogP contribution in [0, 0.1) is 0 Å². The average Bonchev–Trinajstić information content (AvgIpc) is 1.99. The van der Waals surface area contributed by atoms with Gasteiger partial charge in [-0.1, -0.05) is 6.92 Å². The second kappa shape index (κ2) is 5.11. The van der Waals surface area contributed by atoms with Gasteiger partial charge in [0.05, 0.1) is 6.10 Å². The van der Waals surface area contributed by atoms with Crippen LogP contribution in [-0.4, -0.2) is 23.8 Å². The molecule has 8 heteroatoms. The van der Waals surface area contributed by atoms with Crippen molar-refractivity contribution in [1.29, 1.82) is 0 Å². The van der Waals surface area contributed by atoms with Gasteiger partial charge in [-0.15, -0.1) is 0 Å². The van der Waals surface area contributed by atoms with Crippen LogP contribution in [0.15, 0.2) is 0 Å². The maximum atomic E-state index is 11.6. The van der Waals surface area contributed by atoms with Gasteiger partial charge in [0.1, 0.15) is 0 Å². The van der Waals surface area contributed by atoms with Crippen LogP contribution in [0.1, 0.15) is 20.3 Å². The molecule has 0 bridgehead atoms. The molecule has 0 radical (unpaired) electrons. The summed E-state index contributed by atoms with van der Waals surface area (Å²) in [5, 5.41) is 0. The largest absolute Gasteiger partial charge is 0.472 e. The van der Waals surface area contributed by atoms with Crippen molar-refractivity contribution in [2.75, 3.05) is 6.61 Å². The van der Waals surface area contributed by atoms with Gasteiger partial charge >= 0.3 is 14.0 Å². The Kier molecular flexibility index (Phi) is 5.08. The molecule has 14 heavy (non-hydrogen) atoms. The second-order valence-corrected chi connectivity index (χ2v) is 4.09. The molecule has 0 aliphatic heterocycles. The van der Waals surface area contributed by atoms with E-state index in [9.17, 15) is 17.7 Å². The van der Waals surface area contributed by atoms with E-state index in [1.165, 1.54) is 6.92 Å². The minimum atomic E-state index is -4.64. The fraction of sp³-hybridized carbons (Fsp3) is 1.00. The van der Waals surface area contributed by atoms with Gasteiger partial charge < -0.3 is 4.89 Å². The zero-order valence-electron chi connectivity index (χ0n) is 7.74. The first-order valence-corrected chi connectivity index (χ1v) is 5.38. The molecule has 0 aliphatic rings. The Morgan fingerprint density at radius 1 is 1.50 bits per heavy atom. The predicted molar refractivity (Wildman–Crippen MR) is 42.7 cm³/mol. The Morgan fingerprint density at radius 2 is 2.00 bits per heavy atom. The first kappa shape index (κ1) is 13.9. The first-order valence-electron chi connectivity index (χ1n) is 3.89. The van der Waals surface area contributed by atoms with E-state index in [0.29, 0.717) is 6.42 Å². The minimum Gasteiger partial charge on any atom is -0.302 e. The van der Waals surface area contributed by atoms with Crippen LogP contribution in [0.5, 0.6) is 0 Å². The van der Waals surface area contributed by atoms with Crippen LogP contribution in [-0.2, 0) is 13.6 Å². The molecular formula is C6H12F3O4P. The lowest BCUT2D eigenvalue weighted by atomic mass is 10.3. The van der Waals surface area contributed by atoms with Gasteiger partial charge in [-0.3, -0.25) is 9.05 Å². The third-order valence-electron chi connectivity index (χ3n) is 1.28. The SMILES string of the molecule is CCC(C)OP(=O)(O)OCC(F)(F)F. The highest BCUT2D eigenvalue weighted by atomic mass is 31.2. The average molecular weight is 236 g/mol. The number of hydrogen-bond donors (Lipinski definition) is 1. The number of hydrogen-bond acceptors (Lipinski definition) is 3. The number of phosphoric ester groups is 1. The van der Waals surface area contributed by atoms with E-state index in [1.807, 2.05) is 0 Å². The van der Waals surface area contributed by atoms with Crippen molar-refractivity contribution >= 4 is 7.82 Å². The van der Waals surface area contributed by atoms with Gasteiger partial charge in [0.25, 0.3) is 0 Å². The number of alkyl halides is 3. The van der Waals surface area contributed by atoms with Crippen LogP contribution < -0.4 is 0 Å². The number of phosphoric acid groups is 1. The molecule has 0 aromatic carbocycles. The maximum absolute atomic E-state index is 11.6. The molecule has 0 amide bonds. The molecule has 4 nitrogen and oxygen atoms in total. The van der Waals surface area contributed by atoms with Crippen molar-refractivity contribution in [3.8, 4) is 0 Å². The Bertz CT molecular complexity index is 218. The fourth-order valence-corrected chi connectivity index (χ4v) is 1.46. The topological polar surface area (TPSA) is 55.8 Å². The van der Waals surface area contributed by atoms with Crippen molar-refractivity contribution in [3.63, 3.8) is 0 Å². The van der Waals surface area contributed by atoms with Gasteiger partial charge in [-0.2, -0.15) is 13.2 Å². The van der Waals surface area contributed by atoms with Gasteiger partial charge in [0.2, 0.25) is 0 Å². The Morgan fingerprint density at radius 3 is 2.36 bits per heavy atom. The van der Waals surface area contributed by atoms with E-state index in [-0.39, 0.29) is 0 Å². The first-order chi connectivity index (χ1) is 6.16. The van der Waals surface area contributed by atoms with Crippen LogP contribution in [0.4, 0.5) is 13.2 Å². The summed E-state index contributed by atoms with van der Waals surface area (Å²) in [6.45, 7) is 1.32. The molecule has 0 aromatic rings. The third kappa shape index (κ3) is 7.32. The number of halogens is 3. The van der Waals surface area contributed by atoms with Gasteiger partial charge in [-0.05, 0) is 13.3 Å². The Labute approximate surface area is 79.6 Å². The van der Waals surface area contributed by atoms with E-state index in [1.54, 1.807) is 6.92 Å². The Hall–Kier alpha value is -0.100. The van der Waals surface area contributed by atoms with Crippen molar-refractivity contribution in [2.45, 2.75) is 32.5 Å². The molecule has 1 N–H and O–H groups in total. The lowest BCUT2D eigenvalue weighted by Crippen LogP contribution is -2.17. The predicted octanol–water partition coefficient (Wildman–Crippen LogP) is 2.48. The maximum Gasteiger partial charge on any atom is 0.472 e. The Balaban J connectivity index is 4.02. The van der Waals surface area contributed by atoms with E-state index >= 15 is 0 Å². The zero-order chi connectivity index (χ0) is 11.4. The van der Waals surface area contributed by atoms with Gasteiger partial charge in [0, 0.05) is 0 Å². The second-order valence-electron chi connectivity index (χ2n) is 2.68. The van der Waals surface area contributed by atoms with Gasteiger partial charge in [0.15, 0.2) is 6.61 Å². The highest BCUT2D eigenvalue weighted by Gasteiger charge is 2.34. The molecule has 0 aromatic heterocycles. The normalized spacial score (nSPS) is 19.0. The summed E-state index contributed by atoms with van der Waals surface area (Å²) in [5.41, 5.74) is 0. The molecule has 2 unspecified atom stereocenters. The summed E-state index contributed by atoms with van der Waals surface area (Å²) in [6.07, 6.45) is -4.86. The smallest absolute Gasteiger partial charge is 0.302 e. The number of rotatable bonds is 5. The molecule has 0 saturated carbocycles. The quantitative estimate of drug-likeness (QED) is 0.745. The van der Waals surface area contributed by atoms with Crippen molar-refractivity contribution in [3.05, 3.63) is 0 Å². The summed E-state index contributed by atoms with van der Waals surface area (Å²) < 4.78 is 53.7. The standard InChI is InChI=1S/C6H12F3O4P/c1-3-5(2)13-14(10,11)12-4-6(7,8)9/h5H,3-4H2,1-2H3,(H,10,11). The molecule has 0 spiro atoms. The molecule has 0 rings (SSSR count). The third-order valence-corrected chi connectivity index (χ3v) is 2.36. The highest BCUT2D eigenvalue weighted by Crippen LogP contribution is 2.46. The lowest BCUT2D eigenvalue weighted by molar-refractivity contribution is -0.158. The summed E-state index contributed by atoms with van der Waals surface area (Å²) in [5.74, 6) is 0. The van der Waals surface area contributed by atoms with Crippen LogP contribution in [0.25, 0.3) is 0 Å². The monoisotopic (exact) mass is 236 g/mol. The van der Waals surface area contributed by atoms with Crippen molar-refractivity contribution < 1.29 is 31.7 Å². The fourth-order valence-electron chi connectivity index (χ4n) is 0.487. The molecular weight excluding hydrogens is 224 g/mol. The van der Waals surface area contributed by atoms with E-state index in [4.69, 9.17) is 4.89 Å². The molecule has 86 valence electrons. The molecule has 0 heterocycles. The summed E-state index contributed by atoms with van der Waals surface area (Å²) >= 11 is 0. The highest BCUT2D eigenvalue weighted by molar-refractivity contribution is 7.47.